The van der Waals surface area contributed by atoms with Crippen LogP contribution in [0.2, 0.25) is 5.02 Å². The van der Waals surface area contributed by atoms with Crippen molar-refractivity contribution in [3.63, 3.8) is 0 Å². The van der Waals surface area contributed by atoms with Crippen LogP contribution in [0.3, 0.4) is 0 Å². The second-order valence-electron chi connectivity index (χ2n) is 3.63. The van der Waals surface area contributed by atoms with Gasteiger partial charge >= 0.3 is 0 Å². The molecule has 2 N–H and O–H groups in total. The van der Waals surface area contributed by atoms with Gasteiger partial charge in [0.1, 0.15) is 5.84 Å². The zero-order chi connectivity index (χ0) is 10.6. The first-order valence-corrected chi connectivity index (χ1v) is 5.03. The van der Waals surface area contributed by atoms with Gasteiger partial charge in [-0.25, -0.2) is 0 Å². The first kappa shape index (κ1) is 11.1. The molecule has 1 aromatic rings. The summed E-state index contributed by atoms with van der Waals surface area (Å²) >= 11 is 5.76. The molecule has 14 heavy (non-hydrogen) atoms. The topological polar surface area (TPSA) is 38.4 Å². The second-order valence-corrected chi connectivity index (χ2v) is 4.06. The quantitative estimate of drug-likeness (QED) is 0.605. The van der Waals surface area contributed by atoms with Crippen LogP contribution in [-0.2, 0) is 0 Å². The van der Waals surface area contributed by atoms with E-state index in [1.165, 1.54) is 0 Å². The summed E-state index contributed by atoms with van der Waals surface area (Å²) in [4.78, 5) is 4.27. The average molecular weight is 211 g/mol. The number of amidine groups is 1. The van der Waals surface area contributed by atoms with Crippen molar-refractivity contribution >= 4 is 17.4 Å². The summed E-state index contributed by atoms with van der Waals surface area (Å²) < 4.78 is 0. The highest BCUT2D eigenvalue weighted by atomic mass is 35.5. The van der Waals surface area contributed by atoms with Gasteiger partial charge in [0.2, 0.25) is 0 Å². The normalized spacial score (nSPS) is 12.1. The first-order valence-electron chi connectivity index (χ1n) is 4.65. The molecule has 3 heteroatoms. The van der Waals surface area contributed by atoms with E-state index in [9.17, 15) is 0 Å². The van der Waals surface area contributed by atoms with Gasteiger partial charge in [0.05, 0.1) is 0 Å². The number of nitrogens with zero attached hydrogens (tertiary/aromatic N) is 1. The van der Waals surface area contributed by atoms with Gasteiger partial charge in [-0.2, -0.15) is 0 Å². The summed E-state index contributed by atoms with van der Waals surface area (Å²) in [5.41, 5.74) is 6.73. The van der Waals surface area contributed by atoms with Gasteiger partial charge in [0, 0.05) is 17.1 Å². The van der Waals surface area contributed by atoms with E-state index in [1.807, 2.05) is 24.3 Å². The molecule has 0 radical (unpaired) electrons. The number of rotatable bonds is 3. The lowest BCUT2D eigenvalue weighted by molar-refractivity contribution is 0.665. The van der Waals surface area contributed by atoms with Crippen LogP contribution in [0.1, 0.15) is 19.4 Å². The van der Waals surface area contributed by atoms with Gasteiger partial charge in [0.15, 0.2) is 0 Å². The van der Waals surface area contributed by atoms with E-state index in [0.29, 0.717) is 16.8 Å². The monoisotopic (exact) mass is 210 g/mol. The Bertz CT molecular complexity index is 315. The van der Waals surface area contributed by atoms with E-state index in [0.717, 1.165) is 12.1 Å². The molecule has 0 heterocycles. The molecule has 0 atom stereocenters. The smallest absolute Gasteiger partial charge is 0.125 e. The lowest BCUT2D eigenvalue weighted by Crippen LogP contribution is -2.14. The molecule has 2 nitrogen and oxygen atoms in total. The Hall–Kier alpha value is -1.02. The maximum atomic E-state index is 5.80. The fraction of sp³-hybridized carbons (Fsp3) is 0.364. The fourth-order valence-corrected chi connectivity index (χ4v) is 1.12. The summed E-state index contributed by atoms with van der Waals surface area (Å²) in [7, 11) is 0. The summed E-state index contributed by atoms with van der Waals surface area (Å²) in [6, 6.07) is 7.38. The molecule has 0 saturated carbocycles. The number of benzene rings is 1. The Balaban J connectivity index is 2.73. The second kappa shape index (κ2) is 5.01. The van der Waals surface area contributed by atoms with Gasteiger partial charge in [-0.15, -0.1) is 0 Å². The highest BCUT2D eigenvalue weighted by molar-refractivity contribution is 6.30. The molecule has 0 amide bonds. The van der Waals surface area contributed by atoms with Crippen LogP contribution >= 0.6 is 11.6 Å². The predicted octanol–water partition coefficient (Wildman–Crippen LogP) is 2.70. The Labute approximate surface area is 89.8 Å². The van der Waals surface area contributed by atoms with Crippen molar-refractivity contribution in [3.8, 4) is 0 Å². The SMILES string of the molecule is CC(C)CN=C(N)c1ccc(Cl)cc1. The van der Waals surface area contributed by atoms with Crippen molar-refractivity contribution < 1.29 is 0 Å². The van der Waals surface area contributed by atoms with Crippen LogP contribution in [-0.4, -0.2) is 12.4 Å². The first-order chi connectivity index (χ1) is 6.59. The number of hydrogen-bond donors (Lipinski definition) is 1. The van der Waals surface area contributed by atoms with Crippen LogP contribution in [0, 0.1) is 5.92 Å². The molecule has 0 spiro atoms. The van der Waals surface area contributed by atoms with Crippen LogP contribution in [0.15, 0.2) is 29.3 Å². The Morgan fingerprint density at radius 3 is 2.43 bits per heavy atom. The molecule has 76 valence electrons. The van der Waals surface area contributed by atoms with Crippen molar-refractivity contribution in [2.24, 2.45) is 16.6 Å². The maximum absolute atomic E-state index is 5.80. The van der Waals surface area contributed by atoms with Crippen molar-refractivity contribution in [3.05, 3.63) is 34.9 Å². The van der Waals surface area contributed by atoms with E-state index >= 15 is 0 Å². The lowest BCUT2D eigenvalue weighted by atomic mass is 10.2. The molecular weight excluding hydrogens is 196 g/mol. The Kier molecular flexibility index (Phi) is 3.96. The average Bonchev–Trinajstić information content (AvgIpc) is 2.15. The summed E-state index contributed by atoms with van der Waals surface area (Å²) in [6.45, 7) is 4.98. The third-order valence-corrected chi connectivity index (χ3v) is 2.02. The molecule has 0 unspecified atom stereocenters. The molecule has 0 bridgehead atoms. The minimum absolute atomic E-state index is 0.529. The lowest BCUT2D eigenvalue weighted by Gasteiger charge is -2.03. The van der Waals surface area contributed by atoms with Crippen LogP contribution in [0.5, 0.6) is 0 Å². The van der Waals surface area contributed by atoms with E-state index in [-0.39, 0.29) is 0 Å². The summed E-state index contributed by atoms with van der Waals surface area (Å²) in [5.74, 6) is 1.11. The predicted molar refractivity (Wildman–Crippen MR) is 61.9 cm³/mol. The van der Waals surface area contributed by atoms with Crippen molar-refractivity contribution in [1.29, 1.82) is 0 Å². The van der Waals surface area contributed by atoms with Crippen LogP contribution in [0.4, 0.5) is 0 Å². The van der Waals surface area contributed by atoms with Gasteiger partial charge in [-0.05, 0) is 30.2 Å². The van der Waals surface area contributed by atoms with E-state index in [4.69, 9.17) is 17.3 Å². The van der Waals surface area contributed by atoms with E-state index in [1.54, 1.807) is 0 Å². The minimum atomic E-state index is 0.529. The third-order valence-electron chi connectivity index (χ3n) is 1.77. The molecule has 0 saturated heterocycles. The molecule has 1 rings (SSSR count). The van der Waals surface area contributed by atoms with Gasteiger partial charge < -0.3 is 5.73 Å². The number of hydrogen-bond acceptors (Lipinski definition) is 1. The Morgan fingerprint density at radius 2 is 1.93 bits per heavy atom. The third kappa shape index (κ3) is 3.38. The van der Waals surface area contributed by atoms with E-state index in [2.05, 4.69) is 18.8 Å². The number of nitrogens with two attached hydrogens (primary N) is 1. The summed E-state index contributed by atoms with van der Waals surface area (Å²) in [5, 5.41) is 0.713. The minimum Gasteiger partial charge on any atom is -0.384 e. The molecule has 0 fully saturated rings. The molecule has 1 aromatic carbocycles. The van der Waals surface area contributed by atoms with Gasteiger partial charge in [-0.1, -0.05) is 25.4 Å². The number of halogens is 1. The Morgan fingerprint density at radius 1 is 1.36 bits per heavy atom. The molecule has 0 aliphatic carbocycles. The number of aliphatic imine (C=N–C) groups is 1. The maximum Gasteiger partial charge on any atom is 0.125 e. The fourth-order valence-electron chi connectivity index (χ4n) is 0.993. The zero-order valence-corrected chi connectivity index (χ0v) is 9.25. The largest absolute Gasteiger partial charge is 0.384 e. The van der Waals surface area contributed by atoms with Gasteiger partial charge in [-0.3, -0.25) is 4.99 Å². The molecule has 0 aromatic heterocycles. The van der Waals surface area contributed by atoms with Crippen molar-refractivity contribution in [2.75, 3.05) is 6.54 Å². The molecule has 0 aliphatic heterocycles. The molecular formula is C11H15ClN2. The van der Waals surface area contributed by atoms with Gasteiger partial charge in [0.25, 0.3) is 0 Å². The van der Waals surface area contributed by atoms with Crippen molar-refractivity contribution in [2.45, 2.75) is 13.8 Å². The van der Waals surface area contributed by atoms with Crippen LogP contribution < -0.4 is 5.73 Å². The highest BCUT2D eigenvalue weighted by Crippen LogP contribution is 2.09. The zero-order valence-electron chi connectivity index (χ0n) is 8.50. The molecule has 0 aliphatic rings. The highest BCUT2D eigenvalue weighted by Gasteiger charge is 1.98. The van der Waals surface area contributed by atoms with E-state index < -0.39 is 0 Å². The van der Waals surface area contributed by atoms with Crippen molar-refractivity contribution in [1.82, 2.24) is 0 Å². The van der Waals surface area contributed by atoms with Crippen LogP contribution in [0.25, 0.3) is 0 Å². The summed E-state index contributed by atoms with van der Waals surface area (Å²) in [6.07, 6.45) is 0. The standard InChI is InChI=1S/C11H15ClN2/c1-8(2)7-14-11(13)9-3-5-10(12)6-4-9/h3-6,8H,7H2,1-2H3,(H2,13,14).